The van der Waals surface area contributed by atoms with Gasteiger partial charge in [0.1, 0.15) is 5.82 Å². The van der Waals surface area contributed by atoms with Gasteiger partial charge < -0.3 is 20.8 Å². The van der Waals surface area contributed by atoms with E-state index >= 15 is 0 Å². The summed E-state index contributed by atoms with van der Waals surface area (Å²) in [7, 11) is 0. The Labute approximate surface area is 128 Å². The third-order valence-electron chi connectivity index (χ3n) is 3.19. The van der Waals surface area contributed by atoms with E-state index in [2.05, 4.69) is 9.97 Å². The molecule has 0 radical (unpaired) electrons. The number of nitrogens with zero attached hydrogens (tertiary/aromatic N) is 3. The zero-order valence-electron chi connectivity index (χ0n) is 12.0. The number of anilines is 1. The van der Waals surface area contributed by atoms with E-state index < -0.39 is 5.91 Å². The molecule has 1 amide bonds. The molecule has 7 nitrogen and oxygen atoms in total. The van der Waals surface area contributed by atoms with Gasteiger partial charge in [0.05, 0.1) is 18.8 Å². The number of hydrogen-bond donors (Lipinski definition) is 3. The van der Waals surface area contributed by atoms with E-state index in [1.807, 2.05) is 0 Å². The van der Waals surface area contributed by atoms with Crippen molar-refractivity contribution < 1.29 is 15.0 Å². The molecule has 22 heavy (non-hydrogen) atoms. The van der Waals surface area contributed by atoms with Crippen molar-refractivity contribution in [1.29, 1.82) is 0 Å². The number of pyridine rings is 2. The van der Waals surface area contributed by atoms with Crippen LogP contribution in [0.3, 0.4) is 0 Å². The summed E-state index contributed by atoms with van der Waals surface area (Å²) in [6.45, 7) is 0.267. The Morgan fingerprint density at radius 2 is 1.77 bits per heavy atom. The number of primary amides is 1. The topological polar surface area (TPSA) is 113 Å². The van der Waals surface area contributed by atoms with Crippen LogP contribution >= 0.6 is 0 Å². The summed E-state index contributed by atoms with van der Waals surface area (Å²) in [5.41, 5.74) is 7.31. The fourth-order valence-electron chi connectivity index (χ4n) is 2.16. The van der Waals surface area contributed by atoms with E-state index in [1.54, 1.807) is 41.7 Å². The second-order valence-electron chi connectivity index (χ2n) is 4.63. The van der Waals surface area contributed by atoms with Crippen molar-refractivity contribution in [3.63, 3.8) is 0 Å². The molecule has 0 bridgehead atoms. The maximum absolute atomic E-state index is 11.7. The van der Waals surface area contributed by atoms with Gasteiger partial charge in [-0.2, -0.15) is 0 Å². The molecule has 0 saturated carbocycles. The smallest absolute Gasteiger partial charge is 0.252 e. The van der Waals surface area contributed by atoms with Crippen LogP contribution in [0.15, 0.2) is 36.8 Å². The van der Waals surface area contributed by atoms with Crippen molar-refractivity contribution in [2.45, 2.75) is 0 Å². The summed E-state index contributed by atoms with van der Waals surface area (Å²) in [4.78, 5) is 21.6. The van der Waals surface area contributed by atoms with Crippen LogP contribution in [0.25, 0.3) is 11.1 Å². The van der Waals surface area contributed by atoms with E-state index in [0.717, 1.165) is 11.1 Å². The monoisotopic (exact) mass is 302 g/mol. The third kappa shape index (κ3) is 3.57. The van der Waals surface area contributed by atoms with Gasteiger partial charge in [-0.15, -0.1) is 0 Å². The predicted octanol–water partition coefficient (Wildman–Crippen LogP) is 0.0335. The summed E-state index contributed by atoms with van der Waals surface area (Å²) in [6, 6.07) is 5.27. The van der Waals surface area contributed by atoms with E-state index in [0.29, 0.717) is 5.82 Å². The molecule has 2 aromatic heterocycles. The molecular weight excluding hydrogens is 284 g/mol. The summed E-state index contributed by atoms with van der Waals surface area (Å²) in [6.07, 6.45) is 4.92. The zero-order valence-corrected chi connectivity index (χ0v) is 12.0. The minimum Gasteiger partial charge on any atom is -0.395 e. The Hall–Kier alpha value is -2.51. The standard InChI is InChI=1S/C15H18N4O3/c16-14(22)13-9-12(11-1-3-17-4-2-11)10-18-15(13)19(5-7-20)6-8-21/h1-4,9-10,20-21H,5-8H2,(H2,16,22). The lowest BCUT2D eigenvalue weighted by molar-refractivity contribution is 0.1000. The van der Waals surface area contributed by atoms with Crippen molar-refractivity contribution >= 4 is 11.7 Å². The highest BCUT2D eigenvalue weighted by atomic mass is 16.3. The molecule has 116 valence electrons. The highest BCUT2D eigenvalue weighted by Crippen LogP contribution is 2.24. The number of carbonyl (C=O) groups excluding carboxylic acids is 1. The van der Waals surface area contributed by atoms with E-state index in [4.69, 9.17) is 15.9 Å². The molecule has 0 unspecified atom stereocenters. The first kappa shape index (κ1) is 15.9. The number of carbonyl (C=O) groups is 1. The first-order valence-corrected chi connectivity index (χ1v) is 6.84. The number of aliphatic hydroxyl groups is 2. The summed E-state index contributed by atoms with van der Waals surface area (Å²) in [5, 5.41) is 18.2. The molecule has 4 N–H and O–H groups in total. The normalized spacial score (nSPS) is 10.5. The van der Waals surface area contributed by atoms with Crippen LogP contribution in [0.1, 0.15) is 10.4 Å². The van der Waals surface area contributed by atoms with Gasteiger partial charge in [0.2, 0.25) is 0 Å². The molecule has 0 aliphatic heterocycles. The molecule has 0 spiro atoms. The second-order valence-corrected chi connectivity index (χ2v) is 4.63. The number of nitrogens with two attached hydrogens (primary N) is 1. The van der Waals surface area contributed by atoms with Crippen LogP contribution in [0.4, 0.5) is 5.82 Å². The largest absolute Gasteiger partial charge is 0.395 e. The highest BCUT2D eigenvalue weighted by molar-refractivity contribution is 5.99. The van der Waals surface area contributed by atoms with Crippen LogP contribution < -0.4 is 10.6 Å². The molecular formula is C15H18N4O3. The van der Waals surface area contributed by atoms with Crippen molar-refractivity contribution in [3.8, 4) is 11.1 Å². The Bertz CT molecular complexity index is 628. The van der Waals surface area contributed by atoms with E-state index in [9.17, 15) is 4.79 Å². The van der Waals surface area contributed by atoms with Gasteiger partial charge in [-0.25, -0.2) is 4.98 Å². The minimum absolute atomic E-state index is 0.119. The first-order valence-electron chi connectivity index (χ1n) is 6.84. The van der Waals surface area contributed by atoms with E-state index in [-0.39, 0.29) is 31.9 Å². The highest BCUT2D eigenvalue weighted by Gasteiger charge is 2.17. The fourth-order valence-corrected chi connectivity index (χ4v) is 2.16. The average Bonchev–Trinajstić information content (AvgIpc) is 2.55. The van der Waals surface area contributed by atoms with Gasteiger partial charge in [0.15, 0.2) is 0 Å². The number of aromatic nitrogens is 2. The minimum atomic E-state index is -0.612. The molecule has 2 rings (SSSR count). The summed E-state index contributed by atoms with van der Waals surface area (Å²) >= 11 is 0. The Kier molecular flexibility index (Phi) is 5.40. The number of hydrogen-bond acceptors (Lipinski definition) is 6. The van der Waals surface area contributed by atoms with Gasteiger partial charge in [-0.05, 0) is 23.8 Å². The van der Waals surface area contributed by atoms with Gasteiger partial charge in [0, 0.05) is 37.2 Å². The lowest BCUT2D eigenvalue weighted by Gasteiger charge is -2.23. The molecule has 2 aromatic rings. The average molecular weight is 302 g/mol. The Morgan fingerprint density at radius 3 is 2.32 bits per heavy atom. The van der Waals surface area contributed by atoms with Crippen molar-refractivity contribution in [2.75, 3.05) is 31.2 Å². The first-order chi connectivity index (χ1) is 10.7. The lowest BCUT2D eigenvalue weighted by atomic mass is 10.1. The van der Waals surface area contributed by atoms with Gasteiger partial charge in [-0.1, -0.05) is 0 Å². The Balaban J connectivity index is 2.45. The fraction of sp³-hybridized carbons (Fsp3) is 0.267. The summed E-state index contributed by atoms with van der Waals surface area (Å²) in [5.74, 6) is -0.257. The maximum atomic E-state index is 11.7. The Morgan fingerprint density at radius 1 is 1.14 bits per heavy atom. The van der Waals surface area contributed by atoms with Gasteiger partial charge in [-0.3, -0.25) is 9.78 Å². The SMILES string of the molecule is NC(=O)c1cc(-c2ccncc2)cnc1N(CCO)CCO. The predicted molar refractivity (Wildman–Crippen MR) is 82.4 cm³/mol. The van der Waals surface area contributed by atoms with E-state index in [1.165, 1.54) is 0 Å². The molecule has 0 atom stereocenters. The van der Waals surface area contributed by atoms with Crippen molar-refractivity contribution in [1.82, 2.24) is 9.97 Å². The number of aliphatic hydroxyl groups excluding tert-OH is 2. The maximum Gasteiger partial charge on any atom is 0.252 e. The van der Waals surface area contributed by atoms with Crippen LogP contribution in [0.5, 0.6) is 0 Å². The zero-order chi connectivity index (χ0) is 15.9. The van der Waals surface area contributed by atoms with Crippen molar-refractivity contribution in [3.05, 3.63) is 42.4 Å². The molecule has 0 aliphatic rings. The molecule has 0 aromatic carbocycles. The molecule has 7 heteroatoms. The molecule has 0 saturated heterocycles. The molecule has 2 heterocycles. The van der Waals surface area contributed by atoms with Gasteiger partial charge >= 0.3 is 0 Å². The number of amides is 1. The molecule has 0 aliphatic carbocycles. The van der Waals surface area contributed by atoms with Crippen LogP contribution in [-0.2, 0) is 0 Å². The summed E-state index contributed by atoms with van der Waals surface area (Å²) < 4.78 is 0. The number of rotatable bonds is 7. The van der Waals surface area contributed by atoms with Crippen LogP contribution in [0.2, 0.25) is 0 Å². The third-order valence-corrected chi connectivity index (χ3v) is 3.19. The lowest BCUT2D eigenvalue weighted by Crippen LogP contribution is -2.32. The van der Waals surface area contributed by atoms with Crippen molar-refractivity contribution in [2.24, 2.45) is 5.73 Å². The quantitative estimate of drug-likeness (QED) is 0.665. The van der Waals surface area contributed by atoms with Crippen LogP contribution in [0, 0.1) is 0 Å². The van der Waals surface area contributed by atoms with Crippen LogP contribution in [-0.4, -0.2) is 52.4 Å². The van der Waals surface area contributed by atoms with Gasteiger partial charge in [0.25, 0.3) is 5.91 Å². The molecule has 0 fully saturated rings. The second kappa shape index (κ2) is 7.48.